The molecule has 0 aromatic heterocycles. The highest BCUT2D eigenvalue weighted by Gasteiger charge is 1.92. The lowest BCUT2D eigenvalue weighted by Crippen LogP contribution is -1.84. The van der Waals surface area contributed by atoms with Gasteiger partial charge >= 0.3 is 0 Å². The summed E-state index contributed by atoms with van der Waals surface area (Å²) in [6.07, 6.45) is 1.72. The van der Waals surface area contributed by atoms with E-state index in [1.807, 2.05) is 0 Å². The van der Waals surface area contributed by atoms with Crippen LogP contribution in [-0.4, -0.2) is 6.54 Å². The fourth-order valence-electron chi connectivity index (χ4n) is 0.782. The van der Waals surface area contributed by atoms with Crippen molar-refractivity contribution in [2.75, 3.05) is 6.54 Å². The van der Waals surface area contributed by atoms with Crippen LogP contribution in [0.1, 0.15) is 5.56 Å². The molecule has 1 rings (SSSR count). The highest BCUT2D eigenvalue weighted by Crippen LogP contribution is 2.04. The number of nitrogens with zero attached hydrogens (tertiary/aromatic N) is 3. The summed E-state index contributed by atoms with van der Waals surface area (Å²) in [5.74, 6) is -0.268. The van der Waals surface area contributed by atoms with Crippen LogP contribution in [0.3, 0.4) is 0 Å². The van der Waals surface area contributed by atoms with Crippen molar-refractivity contribution in [2.45, 2.75) is 0 Å². The van der Waals surface area contributed by atoms with Crippen LogP contribution < -0.4 is 0 Å². The van der Waals surface area contributed by atoms with Crippen LogP contribution >= 0.6 is 0 Å². The fourth-order valence-corrected chi connectivity index (χ4v) is 0.782. The van der Waals surface area contributed by atoms with Crippen molar-refractivity contribution in [3.8, 4) is 0 Å². The molecule has 3 nitrogen and oxygen atoms in total. The molecule has 0 heterocycles. The molecule has 61 valence electrons. The molecule has 0 unspecified atom stereocenters. The van der Waals surface area contributed by atoms with E-state index in [9.17, 15) is 4.39 Å². The maximum atomic E-state index is 12.4. The second-order valence-electron chi connectivity index (χ2n) is 2.17. The molecule has 0 bridgehead atoms. The second kappa shape index (κ2) is 4.36. The summed E-state index contributed by atoms with van der Waals surface area (Å²) in [5.41, 5.74) is 8.82. The van der Waals surface area contributed by atoms with E-state index < -0.39 is 0 Å². The Kier molecular flexibility index (Phi) is 3.11. The molecule has 0 atom stereocenters. The third-order valence-electron chi connectivity index (χ3n) is 1.34. The highest BCUT2D eigenvalue weighted by molar-refractivity contribution is 5.23. The van der Waals surface area contributed by atoms with Gasteiger partial charge in [0.25, 0.3) is 0 Å². The predicted molar refractivity (Wildman–Crippen MR) is 43.8 cm³/mol. The first-order valence-corrected chi connectivity index (χ1v) is 3.42. The van der Waals surface area contributed by atoms with Gasteiger partial charge in [-0.25, -0.2) is 4.39 Å². The summed E-state index contributed by atoms with van der Waals surface area (Å²) in [6, 6.07) is 5.98. The molecule has 0 amide bonds. The molecule has 0 spiro atoms. The molecule has 0 aliphatic heterocycles. The number of halogens is 1. The van der Waals surface area contributed by atoms with Crippen LogP contribution in [0.4, 0.5) is 4.39 Å². The Labute approximate surface area is 69.5 Å². The molecular formula is C8H7FN3. The first kappa shape index (κ1) is 8.56. The first-order chi connectivity index (χ1) is 5.83. The Hall–Kier alpha value is -1.54. The molecule has 12 heavy (non-hydrogen) atoms. The summed E-state index contributed by atoms with van der Waals surface area (Å²) < 4.78 is 12.4. The average Bonchev–Trinajstić information content (AvgIpc) is 2.09. The van der Waals surface area contributed by atoms with Crippen molar-refractivity contribution in [3.63, 3.8) is 0 Å². The zero-order valence-electron chi connectivity index (χ0n) is 6.31. The Morgan fingerprint density at radius 2 is 2.08 bits per heavy atom. The van der Waals surface area contributed by atoms with Crippen molar-refractivity contribution in [3.05, 3.63) is 52.5 Å². The fraction of sp³-hybridized carbons (Fsp3) is 0.125. The third-order valence-corrected chi connectivity index (χ3v) is 1.34. The SMILES string of the molecule is [N-]=[N+]=NC[CH]c1ccc(F)cc1. The van der Waals surface area contributed by atoms with E-state index in [-0.39, 0.29) is 5.82 Å². The van der Waals surface area contributed by atoms with Gasteiger partial charge in [0, 0.05) is 11.5 Å². The summed E-state index contributed by atoms with van der Waals surface area (Å²) in [5, 5.41) is 3.32. The molecule has 0 saturated heterocycles. The zero-order valence-corrected chi connectivity index (χ0v) is 6.31. The van der Waals surface area contributed by atoms with E-state index in [1.54, 1.807) is 18.6 Å². The summed E-state index contributed by atoms with van der Waals surface area (Å²) >= 11 is 0. The molecule has 0 aliphatic rings. The molecular weight excluding hydrogens is 157 g/mol. The van der Waals surface area contributed by atoms with Gasteiger partial charge in [-0.15, -0.1) is 0 Å². The Bertz CT molecular complexity index is 288. The van der Waals surface area contributed by atoms with E-state index >= 15 is 0 Å². The monoisotopic (exact) mass is 164 g/mol. The minimum absolute atomic E-state index is 0.268. The van der Waals surface area contributed by atoms with E-state index in [1.165, 1.54) is 12.1 Å². The molecule has 0 N–H and O–H groups in total. The number of hydrogen-bond donors (Lipinski definition) is 0. The average molecular weight is 164 g/mol. The Morgan fingerprint density at radius 1 is 1.42 bits per heavy atom. The largest absolute Gasteiger partial charge is 0.207 e. The van der Waals surface area contributed by atoms with Crippen LogP contribution in [0, 0.1) is 12.2 Å². The molecule has 0 fully saturated rings. The molecule has 1 aromatic rings. The number of rotatable bonds is 3. The third kappa shape index (κ3) is 2.60. The topological polar surface area (TPSA) is 48.8 Å². The minimum atomic E-state index is -0.268. The van der Waals surface area contributed by atoms with E-state index in [2.05, 4.69) is 10.0 Å². The van der Waals surface area contributed by atoms with Crippen molar-refractivity contribution >= 4 is 0 Å². The lowest BCUT2D eigenvalue weighted by Gasteiger charge is -1.95. The van der Waals surface area contributed by atoms with E-state index in [4.69, 9.17) is 5.53 Å². The Morgan fingerprint density at radius 3 is 2.67 bits per heavy atom. The van der Waals surface area contributed by atoms with Crippen LogP contribution in [-0.2, 0) is 0 Å². The predicted octanol–water partition coefficient (Wildman–Crippen LogP) is 2.69. The second-order valence-corrected chi connectivity index (χ2v) is 2.17. The molecule has 0 saturated carbocycles. The van der Waals surface area contributed by atoms with Crippen molar-refractivity contribution < 1.29 is 4.39 Å². The van der Waals surface area contributed by atoms with Crippen LogP contribution in [0.2, 0.25) is 0 Å². The number of hydrogen-bond acceptors (Lipinski definition) is 1. The summed E-state index contributed by atoms with van der Waals surface area (Å²) in [4.78, 5) is 2.59. The number of benzene rings is 1. The maximum absolute atomic E-state index is 12.4. The van der Waals surface area contributed by atoms with Gasteiger partial charge < -0.3 is 0 Å². The molecule has 1 radical (unpaired) electrons. The smallest absolute Gasteiger partial charge is 0.123 e. The van der Waals surface area contributed by atoms with Crippen molar-refractivity contribution in [1.82, 2.24) is 0 Å². The standard InChI is InChI=1S/C8H7FN3/c9-8-3-1-7(2-4-8)5-6-11-12-10/h1-5H,6H2. The van der Waals surface area contributed by atoms with Crippen molar-refractivity contribution in [2.24, 2.45) is 5.11 Å². The molecule has 1 aromatic carbocycles. The van der Waals surface area contributed by atoms with Gasteiger partial charge in [-0.2, -0.15) is 0 Å². The van der Waals surface area contributed by atoms with Gasteiger partial charge in [-0.3, -0.25) is 0 Å². The lowest BCUT2D eigenvalue weighted by molar-refractivity contribution is 0.627. The van der Waals surface area contributed by atoms with Crippen LogP contribution in [0.25, 0.3) is 10.4 Å². The van der Waals surface area contributed by atoms with E-state index in [0.29, 0.717) is 6.54 Å². The highest BCUT2D eigenvalue weighted by atomic mass is 19.1. The van der Waals surface area contributed by atoms with Crippen LogP contribution in [0.5, 0.6) is 0 Å². The quantitative estimate of drug-likeness (QED) is 0.374. The van der Waals surface area contributed by atoms with Gasteiger partial charge in [0.15, 0.2) is 0 Å². The lowest BCUT2D eigenvalue weighted by atomic mass is 10.1. The zero-order chi connectivity index (χ0) is 8.81. The van der Waals surface area contributed by atoms with Gasteiger partial charge in [-0.05, 0) is 29.6 Å². The minimum Gasteiger partial charge on any atom is -0.207 e. The normalized spacial score (nSPS) is 9.08. The van der Waals surface area contributed by atoms with E-state index in [0.717, 1.165) is 5.56 Å². The maximum Gasteiger partial charge on any atom is 0.123 e. The summed E-state index contributed by atoms with van der Waals surface area (Å²) in [7, 11) is 0. The summed E-state index contributed by atoms with van der Waals surface area (Å²) in [6.45, 7) is 0.294. The Balaban J connectivity index is 2.53. The molecule has 0 aliphatic carbocycles. The molecule has 4 heteroatoms. The van der Waals surface area contributed by atoms with Gasteiger partial charge in [0.05, 0.1) is 0 Å². The van der Waals surface area contributed by atoms with Gasteiger partial charge in [-0.1, -0.05) is 17.2 Å². The van der Waals surface area contributed by atoms with Crippen LogP contribution in [0.15, 0.2) is 29.4 Å². The van der Waals surface area contributed by atoms with Gasteiger partial charge in [0.2, 0.25) is 0 Å². The van der Waals surface area contributed by atoms with Gasteiger partial charge in [0.1, 0.15) is 5.82 Å². The number of azide groups is 1. The van der Waals surface area contributed by atoms with Crippen molar-refractivity contribution in [1.29, 1.82) is 0 Å². The first-order valence-electron chi connectivity index (χ1n) is 3.42.